The smallest absolute Gasteiger partial charge is 0.323 e. The van der Waals surface area contributed by atoms with Crippen LogP contribution in [0, 0.1) is 12.7 Å². The zero-order valence-corrected chi connectivity index (χ0v) is 21.4. The number of hydrogen-bond acceptors (Lipinski definition) is 6. The van der Waals surface area contributed by atoms with Crippen molar-refractivity contribution in [3.05, 3.63) is 89.5 Å². The Morgan fingerprint density at radius 1 is 1.00 bits per heavy atom. The molecule has 5 rings (SSSR count). The van der Waals surface area contributed by atoms with Crippen LogP contribution < -0.4 is 0 Å². The van der Waals surface area contributed by atoms with Crippen LogP contribution in [0.1, 0.15) is 36.1 Å². The molecule has 1 aromatic carbocycles. The van der Waals surface area contributed by atoms with E-state index in [9.17, 15) is 17.6 Å². The fourth-order valence-corrected chi connectivity index (χ4v) is 4.37. The van der Waals surface area contributed by atoms with Gasteiger partial charge >= 0.3 is 6.61 Å². The number of hydrogen-bond donors (Lipinski definition) is 0. The third kappa shape index (κ3) is 5.58. The van der Waals surface area contributed by atoms with Crippen molar-refractivity contribution < 1.29 is 26.7 Å². The van der Waals surface area contributed by atoms with Crippen LogP contribution in [0.5, 0.6) is 0 Å². The van der Waals surface area contributed by atoms with Crippen LogP contribution in [-0.4, -0.2) is 52.5 Å². The molecule has 208 valence electrons. The first kappa shape index (κ1) is 27.4. The van der Waals surface area contributed by atoms with Gasteiger partial charge in [-0.2, -0.15) is 13.9 Å². The lowest BCUT2D eigenvalue weighted by molar-refractivity contribution is -0.130. The zero-order chi connectivity index (χ0) is 28.4. The molecule has 0 radical (unpaired) electrons. The Morgan fingerprint density at radius 2 is 1.82 bits per heavy atom. The van der Waals surface area contributed by atoms with E-state index in [1.807, 2.05) is 6.92 Å². The highest BCUT2D eigenvalue weighted by molar-refractivity contribution is 6.31. The Hall–Kier alpha value is -4.17. The molecule has 1 atom stereocenters. The standard InChI is InChI=1S/C25H20ClF5N8O/c1-14-32-7-8-37(14)16-11-34-38(12-16)20(6-9-40-25(30)31)18-4-2-15(10-33-18)22-21(5-3-17(26)23(22)27)39-13-19(24(28)29)35-36-39/h2-5,7-8,10-13,20,24-25H,6,9H2,1H3. The van der Waals surface area contributed by atoms with Crippen LogP contribution >= 0.6 is 11.6 Å². The molecule has 15 heteroatoms. The summed E-state index contributed by atoms with van der Waals surface area (Å²) in [6, 6.07) is 5.22. The minimum absolute atomic E-state index is 0.0354. The van der Waals surface area contributed by atoms with Gasteiger partial charge in [0.15, 0.2) is 5.82 Å². The number of benzene rings is 1. The predicted octanol–water partition coefficient (Wildman–Crippen LogP) is 5.97. The van der Waals surface area contributed by atoms with Gasteiger partial charge in [-0.05, 0) is 31.5 Å². The van der Waals surface area contributed by atoms with Gasteiger partial charge in [0.25, 0.3) is 6.43 Å². The topological polar surface area (TPSA) is 88.5 Å². The lowest BCUT2D eigenvalue weighted by atomic mass is 10.0. The van der Waals surface area contributed by atoms with Gasteiger partial charge in [-0.1, -0.05) is 22.9 Å². The summed E-state index contributed by atoms with van der Waals surface area (Å²) in [5, 5.41) is 11.3. The van der Waals surface area contributed by atoms with E-state index in [-0.39, 0.29) is 34.9 Å². The van der Waals surface area contributed by atoms with E-state index in [1.165, 1.54) is 18.3 Å². The molecule has 9 nitrogen and oxygen atoms in total. The second-order valence-corrected chi connectivity index (χ2v) is 8.98. The van der Waals surface area contributed by atoms with Gasteiger partial charge in [-0.3, -0.25) is 9.67 Å². The average Bonchev–Trinajstić information content (AvgIpc) is 3.69. The van der Waals surface area contributed by atoms with E-state index in [0.717, 1.165) is 16.7 Å². The summed E-state index contributed by atoms with van der Waals surface area (Å²) in [6.07, 6.45) is 6.32. The number of ether oxygens (including phenoxy) is 1. The molecular formula is C25H20ClF5N8O. The molecule has 5 aromatic rings. The Bertz CT molecular complexity index is 1600. The second-order valence-electron chi connectivity index (χ2n) is 8.57. The highest BCUT2D eigenvalue weighted by Gasteiger charge is 2.22. The maximum absolute atomic E-state index is 15.3. The molecule has 4 aromatic heterocycles. The number of alkyl halides is 4. The lowest BCUT2D eigenvalue weighted by Crippen LogP contribution is -2.16. The number of aryl methyl sites for hydroxylation is 1. The summed E-state index contributed by atoms with van der Waals surface area (Å²) in [5.41, 5.74) is 0.909. The van der Waals surface area contributed by atoms with E-state index < -0.39 is 30.6 Å². The van der Waals surface area contributed by atoms with Crippen LogP contribution in [-0.2, 0) is 4.74 Å². The Morgan fingerprint density at radius 3 is 2.48 bits per heavy atom. The van der Waals surface area contributed by atoms with Crippen LogP contribution in [0.25, 0.3) is 22.5 Å². The van der Waals surface area contributed by atoms with Crippen molar-refractivity contribution in [3.8, 4) is 22.5 Å². The van der Waals surface area contributed by atoms with Crippen molar-refractivity contribution in [2.75, 3.05) is 6.61 Å². The summed E-state index contributed by atoms with van der Waals surface area (Å²) < 4.78 is 75.6. The minimum Gasteiger partial charge on any atom is -0.323 e. The molecule has 0 bridgehead atoms. The molecule has 1 unspecified atom stereocenters. The van der Waals surface area contributed by atoms with Gasteiger partial charge in [0.05, 0.1) is 47.1 Å². The molecule has 0 aliphatic heterocycles. The molecule has 0 amide bonds. The van der Waals surface area contributed by atoms with Crippen molar-refractivity contribution in [2.24, 2.45) is 0 Å². The predicted molar refractivity (Wildman–Crippen MR) is 133 cm³/mol. The fraction of sp³-hybridized carbons (Fsp3) is 0.240. The van der Waals surface area contributed by atoms with E-state index in [0.29, 0.717) is 11.4 Å². The van der Waals surface area contributed by atoms with Crippen LogP contribution in [0.3, 0.4) is 0 Å². The molecule has 0 N–H and O–H groups in total. The van der Waals surface area contributed by atoms with Crippen LogP contribution in [0.15, 0.2) is 61.4 Å². The van der Waals surface area contributed by atoms with E-state index in [1.54, 1.807) is 46.2 Å². The van der Waals surface area contributed by atoms with Crippen molar-refractivity contribution in [2.45, 2.75) is 32.4 Å². The molecule has 0 saturated heterocycles. The number of nitrogens with zero attached hydrogens (tertiary/aromatic N) is 8. The second kappa shape index (κ2) is 11.5. The summed E-state index contributed by atoms with van der Waals surface area (Å²) in [4.78, 5) is 8.65. The van der Waals surface area contributed by atoms with Gasteiger partial charge in [-0.25, -0.2) is 22.8 Å². The molecule has 40 heavy (non-hydrogen) atoms. The van der Waals surface area contributed by atoms with Crippen LogP contribution in [0.4, 0.5) is 22.0 Å². The Labute approximate surface area is 228 Å². The summed E-state index contributed by atoms with van der Waals surface area (Å²) >= 11 is 6.03. The number of aromatic nitrogens is 8. The molecule has 0 aliphatic rings. The van der Waals surface area contributed by atoms with Gasteiger partial charge in [0.2, 0.25) is 0 Å². The highest BCUT2D eigenvalue weighted by atomic mass is 35.5. The average molecular weight is 579 g/mol. The van der Waals surface area contributed by atoms with Gasteiger partial charge in [0.1, 0.15) is 11.5 Å². The lowest BCUT2D eigenvalue weighted by Gasteiger charge is -2.18. The summed E-state index contributed by atoms with van der Waals surface area (Å²) in [7, 11) is 0. The number of rotatable bonds is 10. The largest absolute Gasteiger partial charge is 0.345 e. The molecule has 0 aliphatic carbocycles. The SMILES string of the molecule is Cc1nccn1-c1cnn(C(CCOC(F)F)c2ccc(-c3c(-n4cc(C(F)F)nn4)ccc(Cl)c3F)cn2)c1. The Kier molecular flexibility index (Phi) is 7.89. The third-order valence-electron chi connectivity index (χ3n) is 6.12. The quantitative estimate of drug-likeness (QED) is 0.190. The summed E-state index contributed by atoms with van der Waals surface area (Å²) in [6.45, 7) is -1.40. The van der Waals surface area contributed by atoms with E-state index >= 15 is 4.39 Å². The first-order valence-electron chi connectivity index (χ1n) is 11.8. The van der Waals surface area contributed by atoms with Crippen LogP contribution in [0.2, 0.25) is 5.02 Å². The van der Waals surface area contributed by atoms with Gasteiger partial charge in [0, 0.05) is 35.9 Å². The monoisotopic (exact) mass is 578 g/mol. The first-order chi connectivity index (χ1) is 19.2. The zero-order valence-electron chi connectivity index (χ0n) is 20.7. The van der Waals surface area contributed by atoms with Crippen molar-refractivity contribution in [3.63, 3.8) is 0 Å². The van der Waals surface area contributed by atoms with E-state index in [2.05, 4.69) is 30.1 Å². The van der Waals surface area contributed by atoms with Gasteiger partial charge in [-0.15, -0.1) is 5.10 Å². The molecule has 0 spiro atoms. The normalized spacial score (nSPS) is 12.5. The minimum atomic E-state index is -2.94. The number of halogens is 6. The number of pyridine rings is 1. The van der Waals surface area contributed by atoms with Crippen molar-refractivity contribution >= 4 is 11.6 Å². The molecular weight excluding hydrogens is 559 g/mol. The maximum atomic E-state index is 15.3. The maximum Gasteiger partial charge on any atom is 0.345 e. The molecule has 0 saturated carbocycles. The van der Waals surface area contributed by atoms with Crippen molar-refractivity contribution in [1.29, 1.82) is 0 Å². The third-order valence-corrected chi connectivity index (χ3v) is 6.41. The van der Waals surface area contributed by atoms with Gasteiger partial charge < -0.3 is 9.30 Å². The highest BCUT2D eigenvalue weighted by Crippen LogP contribution is 2.34. The molecule has 0 fully saturated rings. The van der Waals surface area contributed by atoms with E-state index in [4.69, 9.17) is 11.6 Å². The van der Waals surface area contributed by atoms with Crippen molar-refractivity contribution in [1.82, 2.24) is 39.3 Å². The molecule has 4 heterocycles. The Balaban J connectivity index is 1.50. The number of imidazole rings is 1. The fourth-order valence-electron chi connectivity index (χ4n) is 4.21. The first-order valence-corrected chi connectivity index (χ1v) is 12.2. The summed E-state index contributed by atoms with van der Waals surface area (Å²) in [5.74, 6) is -0.0795.